The number of hydrogen-bond donors (Lipinski definition) is 2. The molecule has 0 fully saturated rings. The first-order chi connectivity index (χ1) is 9.49. The van der Waals surface area contributed by atoms with Crippen molar-refractivity contribution >= 4 is 17.6 Å². The van der Waals surface area contributed by atoms with Gasteiger partial charge in [-0.3, -0.25) is 4.79 Å². The summed E-state index contributed by atoms with van der Waals surface area (Å²) in [7, 11) is 0. The standard InChI is InChI=1S/C15H17N3O2/c1-9(14(19)20)13-10(2)16-15(17-11(13)3)18-12-7-5-4-6-8-12/h4-9H,1-3H3,(H,19,20)(H,16,17,18). The summed E-state index contributed by atoms with van der Waals surface area (Å²) in [6.07, 6.45) is 0. The Balaban J connectivity index is 2.33. The van der Waals surface area contributed by atoms with Crippen LogP contribution >= 0.6 is 0 Å². The number of anilines is 2. The third-order valence-corrected chi connectivity index (χ3v) is 3.16. The zero-order valence-electron chi connectivity index (χ0n) is 11.7. The van der Waals surface area contributed by atoms with Gasteiger partial charge in [-0.1, -0.05) is 18.2 Å². The number of aromatic nitrogens is 2. The second-order valence-electron chi connectivity index (χ2n) is 4.68. The molecule has 0 saturated carbocycles. The third kappa shape index (κ3) is 2.93. The second-order valence-corrected chi connectivity index (χ2v) is 4.68. The number of rotatable bonds is 4. The first kappa shape index (κ1) is 14.0. The van der Waals surface area contributed by atoms with E-state index in [0.717, 1.165) is 5.69 Å². The van der Waals surface area contributed by atoms with E-state index in [1.807, 2.05) is 30.3 Å². The maximum absolute atomic E-state index is 11.1. The van der Waals surface area contributed by atoms with E-state index < -0.39 is 11.9 Å². The molecule has 20 heavy (non-hydrogen) atoms. The van der Waals surface area contributed by atoms with Gasteiger partial charge in [-0.05, 0) is 32.9 Å². The molecule has 0 aliphatic heterocycles. The van der Waals surface area contributed by atoms with Crippen molar-refractivity contribution in [3.63, 3.8) is 0 Å². The number of nitrogens with one attached hydrogen (secondary N) is 1. The molecule has 1 heterocycles. The number of carbonyl (C=O) groups is 1. The van der Waals surface area contributed by atoms with Gasteiger partial charge in [-0.25, -0.2) is 9.97 Å². The molecule has 0 aliphatic carbocycles. The molecule has 1 atom stereocenters. The lowest BCUT2D eigenvalue weighted by Gasteiger charge is -2.14. The van der Waals surface area contributed by atoms with Crippen LogP contribution in [0.25, 0.3) is 0 Å². The van der Waals surface area contributed by atoms with Crippen molar-refractivity contribution in [2.24, 2.45) is 0 Å². The minimum Gasteiger partial charge on any atom is -0.481 e. The molecule has 0 spiro atoms. The minimum absolute atomic E-state index is 0.479. The number of carboxylic acid groups (broad SMARTS) is 1. The van der Waals surface area contributed by atoms with Crippen molar-refractivity contribution in [2.45, 2.75) is 26.7 Å². The highest BCUT2D eigenvalue weighted by atomic mass is 16.4. The van der Waals surface area contributed by atoms with Crippen molar-refractivity contribution in [1.82, 2.24) is 9.97 Å². The average Bonchev–Trinajstić information content (AvgIpc) is 2.38. The molecule has 1 unspecified atom stereocenters. The number of aryl methyl sites for hydroxylation is 2. The monoisotopic (exact) mass is 271 g/mol. The summed E-state index contributed by atoms with van der Waals surface area (Å²) in [4.78, 5) is 19.8. The van der Waals surface area contributed by atoms with Crippen LogP contribution < -0.4 is 5.32 Å². The lowest BCUT2D eigenvalue weighted by Crippen LogP contribution is -2.14. The molecule has 0 radical (unpaired) electrons. The van der Waals surface area contributed by atoms with E-state index in [-0.39, 0.29) is 0 Å². The molecule has 1 aromatic heterocycles. The Morgan fingerprint density at radius 3 is 2.20 bits per heavy atom. The molecule has 0 saturated heterocycles. The van der Waals surface area contributed by atoms with Crippen molar-refractivity contribution in [3.8, 4) is 0 Å². The highest BCUT2D eigenvalue weighted by Crippen LogP contribution is 2.23. The largest absolute Gasteiger partial charge is 0.481 e. The number of aliphatic carboxylic acids is 1. The first-order valence-corrected chi connectivity index (χ1v) is 6.39. The van der Waals surface area contributed by atoms with Gasteiger partial charge in [0, 0.05) is 22.6 Å². The van der Waals surface area contributed by atoms with Gasteiger partial charge in [0.1, 0.15) is 0 Å². The Morgan fingerprint density at radius 1 is 1.15 bits per heavy atom. The minimum atomic E-state index is -0.872. The summed E-state index contributed by atoms with van der Waals surface area (Å²) in [5.41, 5.74) is 2.94. The Bertz CT molecular complexity index is 603. The zero-order valence-corrected chi connectivity index (χ0v) is 11.7. The van der Waals surface area contributed by atoms with Crippen molar-refractivity contribution in [2.75, 3.05) is 5.32 Å². The smallest absolute Gasteiger partial charge is 0.310 e. The topological polar surface area (TPSA) is 75.1 Å². The fourth-order valence-corrected chi connectivity index (χ4v) is 2.18. The van der Waals surface area contributed by atoms with Gasteiger partial charge in [0.05, 0.1) is 5.92 Å². The van der Waals surface area contributed by atoms with Crippen LogP contribution in [0.5, 0.6) is 0 Å². The van der Waals surface area contributed by atoms with Gasteiger partial charge in [-0.15, -0.1) is 0 Å². The van der Waals surface area contributed by atoms with E-state index in [0.29, 0.717) is 22.9 Å². The molecule has 0 bridgehead atoms. The number of benzene rings is 1. The van der Waals surface area contributed by atoms with E-state index in [1.165, 1.54) is 0 Å². The Morgan fingerprint density at radius 2 is 1.70 bits per heavy atom. The molecule has 5 heteroatoms. The van der Waals surface area contributed by atoms with Crippen LogP contribution in [0.1, 0.15) is 29.8 Å². The van der Waals surface area contributed by atoms with E-state index in [1.54, 1.807) is 20.8 Å². The number of para-hydroxylation sites is 1. The van der Waals surface area contributed by atoms with Gasteiger partial charge in [-0.2, -0.15) is 0 Å². The highest BCUT2D eigenvalue weighted by Gasteiger charge is 2.20. The molecular weight excluding hydrogens is 254 g/mol. The molecule has 1 aromatic carbocycles. The number of carboxylic acids is 1. The molecule has 2 aromatic rings. The highest BCUT2D eigenvalue weighted by molar-refractivity contribution is 5.76. The molecule has 0 amide bonds. The molecular formula is C15H17N3O2. The Hall–Kier alpha value is -2.43. The van der Waals surface area contributed by atoms with Gasteiger partial charge in [0.15, 0.2) is 0 Å². The molecule has 2 rings (SSSR count). The molecule has 2 N–H and O–H groups in total. The van der Waals surface area contributed by atoms with Gasteiger partial charge in [0.2, 0.25) is 5.95 Å². The van der Waals surface area contributed by atoms with Crippen LogP contribution in [-0.4, -0.2) is 21.0 Å². The molecule has 5 nitrogen and oxygen atoms in total. The van der Waals surface area contributed by atoms with Crippen LogP contribution in [0.4, 0.5) is 11.6 Å². The van der Waals surface area contributed by atoms with Crippen molar-refractivity contribution in [1.29, 1.82) is 0 Å². The first-order valence-electron chi connectivity index (χ1n) is 6.39. The number of hydrogen-bond acceptors (Lipinski definition) is 4. The number of nitrogens with zero attached hydrogens (tertiary/aromatic N) is 2. The van der Waals surface area contributed by atoms with E-state index in [4.69, 9.17) is 5.11 Å². The quantitative estimate of drug-likeness (QED) is 0.894. The summed E-state index contributed by atoms with van der Waals surface area (Å²) < 4.78 is 0. The predicted molar refractivity (Wildman–Crippen MR) is 77.3 cm³/mol. The SMILES string of the molecule is Cc1nc(Nc2ccccc2)nc(C)c1C(C)C(=O)O. The zero-order chi connectivity index (χ0) is 14.7. The Kier molecular flexibility index (Phi) is 3.98. The summed E-state index contributed by atoms with van der Waals surface area (Å²) in [5, 5.41) is 12.2. The Labute approximate surface area is 117 Å². The van der Waals surface area contributed by atoms with E-state index >= 15 is 0 Å². The maximum Gasteiger partial charge on any atom is 0.310 e. The van der Waals surface area contributed by atoms with Crippen molar-refractivity contribution in [3.05, 3.63) is 47.3 Å². The van der Waals surface area contributed by atoms with Crippen LogP contribution in [0.3, 0.4) is 0 Å². The fraction of sp³-hybridized carbons (Fsp3) is 0.267. The maximum atomic E-state index is 11.1. The average molecular weight is 271 g/mol. The van der Waals surface area contributed by atoms with Crippen LogP contribution in [0, 0.1) is 13.8 Å². The van der Waals surface area contributed by atoms with E-state index in [9.17, 15) is 4.79 Å². The third-order valence-electron chi connectivity index (χ3n) is 3.16. The molecule has 104 valence electrons. The lowest BCUT2D eigenvalue weighted by atomic mass is 9.98. The normalized spacial score (nSPS) is 11.9. The second kappa shape index (κ2) is 5.69. The molecule has 0 aliphatic rings. The summed E-state index contributed by atoms with van der Waals surface area (Å²) in [6, 6.07) is 9.61. The van der Waals surface area contributed by atoms with Gasteiger partial charge in [0.25, 0.3) is 0 Å². The van der Waals surface area contributed by atoms with Crippen LogP contribution in [-0.2, 0) is 4.79 Å². The van der Waals surface area contributed by atoms with Crippen LogP contribution in [0.15, 0.2) is 30.3 Å². The van der Waals surface area contributed by atoms with Gasteiger partial charge < -0.3 is 10.4 Å². The fourth-order valence-electron chi connectivity index (χ4n) is 2.18. The van der Waals surface area contributed by atoms with Crippen molar-refractivity contribution < 1.29 is 9.90 Å². The summed E-state index contributed by atoms with van der Waals surface area (Å²) in [5.74, 6) is -1.00. The van der Waals surface area contributed by atoms with E-state index in [2.05, 4.69) is 15.3 Å². The summed E-state index contributed by atoms with van der Waals surface area (Å²) >= 11 is 0. The van der Waals surface area contributed by atoms with Gasteiger partial charge >= 0.3 is 5.97 Å². The summed E-state index contributed by atoms with van der Waals surface area (Å²) in [6.45, 7) is 5.25. The lowest BCUT2D eigenvalue weighted by molar-refractivity contribution is -0.138. The van der Waals surface area contributed by atoms with Crippen LogP contribution in [0.2, 0.25) is 0 Å². The predicted octanol–water partition coefficient (Wildman–Crippen LogP) is 3.03.